The highest BCUT2D eigenvalue weighted by molar-refractivity contribution is 6.12. The summed E-state index contributed by atoms with van der Waals surface area (Å²) in [7, 11) is 0. The maximum atomic E-state index is 16.1. The number of ether oxygens (including phenoxy) is 4. The number of nitrogens with one attached hydrogen (secondary N) is 1. The number of rotatable bonds is 9. The molecule has 3 saturated heterocycles. The molecule has 1 saturated carbocycles. The van der Waals surface area contributed by atoms with Crippen LogP contribution in [0.3, 0.4) is 0 Å². The number of aliphatic hydroxyl groups is 2. The maximum absolute atomic E-state index is 16.1. The molecule has 0 radical (unpaired) electrons. The summed E-state index contributed by atoms with van der Waals surface area (Å²) in [5.41, 5.74) is 2.23. The number of nitrogens with zero attached hydrogens (tertiary/aromatic N) is 3. The second-order valence-electron chi connectivity index (χ2n) is 19.1. The zero-order valence-electron chi connectivity index (χ0n) is 38.4. The molecule has 0 aromatic heterocycles. The fourth-order valence-corrected chi connectivity index (χ4v) is 11.8. The number of piperazine rings is 1. The lowest BCUT2D eigenvalue weighted by molar-refractivity contribution is -0.179. The van der Waals surface area contributed by atoms with Crippen molar-refractivity contribution in [3.8, 4) is 29.1 Å². The Morgan fingerprint density at radius 3 is 2.20 bits per heavy atom. The number of anilines is 1. The largest absolute Gasteiger partial charge is 0.491 e. The number of hydrogen-bond donors (Lipinski definition) is 3. The van der Waals surface area contributed by atoms with Gasteiger partial charge in [0.25, 0.3) is 0 Å². The molecule has 5 heterocycles. The fourth-order valence-electron chi connectivity index (χ4n) is 11.8. The monoisotopic (exact) mass is 928 g/mol. The van der Waals surface area contributed by atoms with Crippen molar-refractivity contribution in [3.05, 3.63) is 155 Å². The van der Waals surface area contributed by atoms with Crippen LogP contribution in [-0.2, 0) is 31.1 Å². The molecule has 5 aromatic rings. The third-order valence-corrected chi connectivity index (χ3v) is 15.0. The summed E-state index contributed by atoms with van der Waals surface area (Å²) in [6.07, 6.45) is 4.23. The zero-order chi connectivity index (χ0) is 47.1. The van der Waals surface area contributed by atoms with Gasteiger partial charge in [0.15, 0.2) is 11.5 Å². The van der Waals surface area contributed by atoms with Crippen LogP contribution < -0.4 is 19.5 Å². The lowest BCUT2D eigenvalue weighted by atomic mass is 9.65. The number of esters is 1. The number of carbonyl (C=O) groups excluding carboxylic acids is 3. The minimum atomic E-state index is -1.69. The summed E-state index contributed by atoms with van der Waals surface area (Å²) in [5.74, 6) is 5.92. The Morgan fingerprint density at radius 1 is 0.768 bits per heavy atom. The number of amides is 2. The number of carbonyl (C=O) groups is 3. The second-order valence-corrected chi connectivity index (χ2v) is 19.1. The van der Waals surface area contributed by atoms with Gasteiger partial charge in [-0.1, -0.05) is 104 Å². The molecule has 1 spiro atoms. The molecule has 5 aliphatic heterocycles. The third kappa shape index (κ3) is 8.19. The molecule has 354 valence electrons. The Kier molecular flexibility index (Phi) is 12.1. The highest BCUT2D eigenvalue weighted by atomic mass is 16.7. The molecule has 6 aliphatic rings. The molecule has 6 unspecified atom stereocenters. The summed E-state index contributed by atoms with van der Waals surface area (Å²) in [6.45, 7) is 2.62. The van der Waals surface area contributed by atoms with Crippen molar-refractivity contribution in [3.63, 3.8) is 0 Å². The van der Waals surface area contributed by atoms with E-state index in [9.17, 15) is 10.2 Å². The van der Waals surface area contributed by atoms with Crippen molar-refractivity contribution in [2.45, 2.75) is 80.3 Å². The van der Waals surface area contributed by atoms with E-state index in [0.29, 0.717) is 79.4 Å². The molecular formula is C56H56N4O9. The van der Waals surface area contributed by atoms with E-state index in [0.717, 1.165) is 48.1 Å². The predicted octanol–water partition coefficient (Wildman–Crippen LogP) is 6.84. The lowest BCUT2D eigenvalue weighted by Crippen LogP contribution is -2.58. The van der Waals surface area contributed by atoms with Crippen LogP contribution >= 0.6 is 0 Å². The first-order valence-electron chi connectivity index (χ1n) is 24.3. The molecular weight excluding hydrogens is 873 g/mol. The Labute approximate surface area is 401 Å². The van der Waals surface area contributed by atoms with Crippen LogP contribution in [0.5, 0.6) is 17.2 Å². The molecule has 4 fully saturated rings. The van der Waals surface area contributed by atoms with Gasteiger partial charge in [-0.3, -0.25) is 24.2 Å². The van der Waals surface area contributed by atoms with E-state index in [1.807, 2.05) is 114 Å². The van der Waals surface area contributed by atoms with Gasteiger partial charge in [0.1, 0.15) is 35.5 Å². The highest BCUT2D eigenvalue weighted by Crippen LogP contribution is 2.65. The van der Waals surface area contributed by atoms with Crippen molar-refractivity contribution in [2.24, 2.45) is 5.92 Å². The number of aliphatic hydroxyl groups excluding tert-OH is 1. The number of cyclic esters (lactones) is 1. The van der Waals surface area contributed by atoms with E-state index < -0.39 is 53.0 Å². The zero-order valence-corrected chi connectivity index (χ0v) is 38.4. The molecule has 2 amide bonds. The predicted molar refractivity (Wildman–Crippen MR) is 256 cm³/mol. The van der Waals surface area contributed by atoms with Crippen LogP contribution in [-0.4, -0.2) is 101 Å². The van der Waals surface area contributed by atoms with Crippen molar-refractivity contribution in [1.29, 1.82) is 0 Å². The van der Waals surface area contributed by atoms with E-state index in [1.54, 1.807) is 12.1 Å². The van der Waals surface area contributed by atoms with E-state index >= 15 is 14.4 Å². The first-order valence-corrected chi connectivity index (χ1v) is 24.3. The number of benzene rings is 5. The Bertz CT molecular complexity index is 2780. The third-order valence-electron chi connectivity index (χ3n) is 15.0. The van der Waals surface area contributed by atoms with Crippen LogP contribution in [0.4, 0.5) is 5.69 Å². The Hall–Kier alpha value is -6.69. The summed E-state index contributed by atoms with van der Waals surface area (Å²) >= 11 is 0. The highest BCUT2D eigenvalue weighted by Gasteiger charge is 2.74. The van der Waals surface area contributed by atoms with Gasteiger partial charge in [-0.15, -0.1) is 0 Å². The van der Waals surface area contributed by atoms with Gasteiger partial charge < -0.3 is 39.4 Å². The van der Waals surface area contributed by atoms with Crippen molar-refractivity contribution < 1.29 is 43.5 Å². The smallest absolute Gasteiger partial charge is 0.324 e. The van der Waals surface area contributed by atoms with Gasteiger partial charge in [0.05, 0.1) is 24.6 Å². The lowest BCUT2D eigenvalue weighted by Gasteiger charge is -2.46. The minimum absolute atomic E-state index is 0.0941. The van der Waals surface area contributed by atoms with Crippen molar-refractivity contribution in [2.75, 3.05) is 51.5 Å². The van der Waals surface area contributed by atoms with Gasteiger partial charge in [-0.2, -0.15) is 0 Å². The minimum Gasteiger partial charge on any atom is -0.491 e. The van der Waals surface area contributed by atoms with Crippen molar-refractivity contribution >= 4 is 23.5 Å². The van der Waals surface area contributed by atoms with Crippen LogP contribution in [0, 0.1) is 17.8 Å². The summed E-state index contributed by atoms with van der Waals surface area (Å²) < 4.78 is 23.7. The van der Waals surface area contributed by atoms with Crippen LogP contribution in [0.25, 0.3) is 0 Å². The molecule has 13 nitrogen and oxygen atoms in total. The van der Waals surface area contributed by atoms with Gasteiger partial charge >= 0.3 is 5.97 Å². The molecule has 0 bridgehead atoms. The van der Waals surface area contributed by atoms with E-state index in [-0.39, 0.29) is 25.9 Å². The number of hydrogen-bond acceptors (Lipinski definition) is 11. The van der Waals surface area contributed by atoms with Crippen LogP contribution in [0.15, 0.2) is 121 Å². The average molecular weight is 929 g/mol. The van der Waals surface area contributed by atoms with Gasteiger partial charge in [0, 0.05) is 44.0 Å². The fraction of sp³-hybridized carbons (Fsp3) is 0.375. The first kappa shape index (κ1) is 44.8. The van der Waals surface area contributed by atoms with Gasteiger partial charge in [0.2, 0.25) is 18.6 Å². The topological polar surface area (TPSA) is 150 Å². The maximum Gasteiger partial charge on any atom is 0.324 e. The molecule has 69 heavy (non-hydrogen) atoms. The van der Waals surface area contributed by atoms with Gasteiger partial charge in [-0.25, -0.2) is 0 Å². The Balaban J connectivity index is 1.07. The molecule has 3 N–H and O–H groups in total. The van der Waals surface area contributed by atoms with E-state index in [2.05, 4.69) is 27.0 Å². The summed E-state index contributed by atoms with van der Waals surface area (Å²) in [6, 6.07) is 35.7. The number of morpholine rings is 1. The van der Waals surface area contributed by atoms with Crippen molar-refractivity contribution in [1.82, 2.24) is 14.7 Å². The summed E-state index contributed by atoms with van der Waals surface area (Å²) in [4.78, 5) is 53.5. The second kappa shape index (κ2) is 18.7. The molecule has 13 heteroatoms. The normalized spacial score (nSPS) is 26.0. The first-order chi connectivity index (χ1) is 33.7. The Morgan fingerprint density at radius 2 is 1.48 bits per heavy atom. The molecule has 5 aromatic carbocycles. The van der Waals surface area contributed by atoms with Crippen LogP contribution in [0.2, 0.25) is 0 Å². The number of fused-ring (bicyclic) bond motifs is 4. The molecule has 1 aliphatic carbocycles. The summed E-state index contributed by atoms with van der Waals surface area (Å²) in [5, 5.41) is 24.5. The molecule has 6 atom stereocenters. The average Bonchev–Trinajstić information content (AvgIpc) is 4.01. The van der Waals surface area contributed by atoms with E-state index in [4.69, 9.17) is 18.9 Å². The quantitative estimate of drug-likeness (QED) is 0.0811. The van der Waals surface area contributed by atoms with Crippen LogP contribution in [0.1, 0.15) is 90.1 Å². The standard InChI is InChI=1S/C56H56N4O9/c61-31-32-66-42-19-17-41(18-20-42)51-56(43-33-37(15-21-44(43)57-54(56)64)23-26-55(65)24-9-1-2-10-25-55)47(52(62)59-29-27-58(28-30-59)35-38-16-22-45-46(34-38)68-36-67-45)49-53(63)69-50(40-13-7-4-8-14-40)48(60(49)51)39-11-5-3-6-12-39/h3-8,11-22,33-34,47-51,61,65H,1-2,9-10,24-25,27-32,35-36H2,(H,57,64). The van der Waals surface area contributed by atoms with Gasteiger partial charge in [-0.05, 0) is 96.0 Å². The van der Waals surface area contributed by atoms with E-state index in [1.165, 1.54) is 0 Å². The molecule has 11 rings (SSSR count). The SMILES string of the molecule is O=C1OC(c2ccccc2)C(c2ccccc2)N2C1C(C(=O)N1CCN(Cc3ccc4c(c3)OCO4)CC1)C1(C(=O)Nc3ccc(C#CC4(O)CCCCCC4)cc31)C2c1ccc(OCCO)cc1.